The summed E-state index contributed by atoms with van der Waals surface area (Å²) in [7, 11) is 3.13. The Hall–Kier alpha value is -3.00. The van der Waals surface area contributed by atoms with Gasteiger partial charge in [-0.25, -0.2) is 0 Å². The molecule has 0 unspecified atom stereocenters. The number of allylic oxidation sites excluding steroid dienone is 1. The van der Waals surface area contributed by atoms with Crippen molar-refractivity contribution in [2.24, 2.45) is 0 Å². The van der Waals surface area contributed by atoms with E-state index < -0.39 is 0 Å². The Morgan fingerprint density at radius 1 is 1.22 bits per heavy atom. The van der Waals surface area contributed by atoms with E-state index in [0.717, 1.165) is 5.56 Å². The van der Waals surface area contributed by atoms with E-state index in [2.05, 4.69) is 11.1 Å². The van der Waals surface area contributed by atoms with Crippen LogP contribution in [0.15, 0.2) is 36.5 Å². The summed E-state index contributed by atoms with van der Waals surface area (Å²) in [6.07, 6.45) is 3.39. The van der Waals surface area contributed by atoms with Gasteiger partial charge in [0.25, 0.3) is 0 Å². The molecule has 1 heterocycles. The molecule has 2 aromatic rings. The molecule has 0 spiro atoms. The van der Waals surface area contributed by atoms with Crippen molar-refractivity contribution in [1.82, 2.24) is 4.98 Å². The fraction of sp³-hybridized carbons (Fsp3) is 0.222. The van der Waals surface area contributed by atoms with Crippen LogP contribution in [0.3, 0.4) is 0 Å². The molecule has 118 valence electrons. The molecule has 0 aliphatic rings. The van der Waals surface area contributed by atoms with E-state index in [4.69, 9.17) is 14.2 Å². The fourth-order valence-electron chi connectivity index (χ4n) is 2.12. The number of ether oxygens (including phenoxy) is 3. The van der Waals surface area contributed by atoms with Gasteiger partial charge in [-0.2, -0.15) is 5.26 Å². The summed E-state index contributed by atoms with van der Waals surface area (Å²) in [5.41, 5.74) is 1.84. The van der Waals surface area contributed by atoms with Crippen LogP contribution in [0, 0.1) is 11.3 Å². The molecule has 5 nitrogen and oxygen atoms in total. The Morgan fingerprint density at radius 3 is 2.39 bits per heavy atom. The van der Waals surface area contributed by atoms with Crippen LogP contribution in [0.2, 0.25) is 0 Å². The highest BCUT2D eigenvalue weighted by molar-refractivity contribution is 5.88. The van der Waals surface area contributed by atoms with Gasteiger partial charge in [0.1, 0.15) is 6.07 Å². The average Bonchev–Trinajstić information content (AvgIpc) is 2.61. The van der Waals surface area contributed by atoms with E-state index in [1.807, 2.05) is 13.0 Å². The molecule has 0 saturated carbocycles. The van der Waals surface area contributed by atoms with Gasteiger partial charge in [-0.3, -0.25) is 4.98 Å². The van der Waals surface area contributed by atoms with Crippen molar-refractivity contribution >= 4 is 11.6 Å². The molecule has 23 heavy (non-hydrogen) atoms. The van der Waals surface area contributed by atoms with E-state index in [1.165, 1.54) is 0 Å². The zero-order valence-corrected chi connectivity index (χ0v) is 13.4. The molecule has 5 heteroatoms. The fourth-order valence-corrected chi connectivity index (χ4v) is 2.12. The number of nitrogens with zero attached hydrogens (tertiary/aromatic N) is 2. The lowest BCUT2D eigenvalue weighted by atomic mass is 10.1. The minimum absolute atomic E-state index is 0.457. The van der Waals surface area contributed by atoms with Crippen LogP contribution in [-0.2, 0) is 0 Å². The Morgan fingerprint density at radius 2 is 1.91 bits per heavy atom. The first-order chi connectivity index (χ1) is 11.2. The smallest absolute Gasteiger partial charge is 0.203 e. The maximum absolute atomic E-state index is 9.39. The molecule has 0 atom stereocenters. The summed E-state index contributed by atoms with van der Waals surface area (Å²) in [6.45, 7) is 2.39. The Kier molecular flexibility index (Phi) is 5.59. The molecular weight excluding hydrogens is 292 g/mol. The maximum Gasteiger partial charge on any atom is 0.203 e. The van der Waals surface area contributed by atoms with E-state index in [0.29, 0.717) is 35.1 Å². The molecule has 2 rings (SSSR count). The van der Waals surface area contributed by atoms with Gasteiger partial charge in [0, 0.05) is 6.20 Å². The summed E-state index contributed by atoms with van der Waals surface area (Å²) in [5.74, 6) is 1.65. The zero-order chi connectivity index (χ0) is 16.7. The highest BCUT2D eigenvalue weighted by atomic mass is 16.5. The zero-order valence-electron chi connectivity index (χ0n) is 13.4. The predicted molar refractivity (Wildman–Crippen MR) is 88.4 cm³/mol. The van der Waals surface area contributed by atoms with Crippen LogP contribution < -0.4 is 14.2 Å². The number of aromatic nitrogens is 1. The van der Waals surface area contributed by atoms with Crippen LogP contribution in [0.1, 0.15) is 18.2 Å². The molecule has 0 radical (unpaired) electrons. The summed E-state index contributed by atoms with van der Waals surface area (Å²) in [4.78, 5) is 4.20. The van der Waals surface area contributed by atoms with Crippen molar-refractivity contribution < 1.29 is 14.2 Å². The number of hydrogen-bond acceptors (Lipinski definition) is 5. The van der Waals surface area contributed by atoms with Crippen LogP contribution in [0.4, 0.5) is 0 Å². The molecule has 0 fully saturated rings. The molecule has 0 N–H and O–H groups in total. The number of nitriles is 1. The third kappa shape index (κ3) is 3.80. The van der Waals surface area contributed by atoms with Crippen molar-refractivity contribution in [1.29, 1.82) is 5.26 Å². The monoisotopic (exact) mass is 310 g/mol. The lowest BCUT2D eigenvalue weighted by Crippen LogP contribution is -1.99. The van der Waals surface area contributed by atoms with E-state index in [9.17, 15) is 5.26 Å². The number of methoxy groups -OCH3 is 2. The van der Waals surface area contributed by atoms with E-state index in [-0.39, 0.29) is 0 Å². The van der Waals surface area contributed by atoms with Gasteiger partial charge in [-0.15, -0.1) is 0 Å². The van der Waals surface area contributed by atoms with Crippen molar-refractivity contribution in [3.63, 3.8) is 0 Å². The van der Waals surface area contributed by atoms with Gasteiger partial charge in [-0.1, -0.05) is 6.07 Å². The summed E-state index contributed by atoms with van der Waals surface area (Å²) in [6, 6.07) is 11.2. The molecule has 1 aromatic heterocycles. The van der Waals surface area contributed by atoms with Gasteiger partial charge in [0.2, 0.25) is 5.75 Å². The lowest BCUT2D eigenvalue weighted by Gasteiger charge is -2.14. The van der Waals surface area contributed by atoms with Crippen molar-refractivity contribution in [3.8, 4) is 23.3 Å². The number of rotatable bonds is 6. The van der Waals surface area contributed by atoms with Gasteiger partial charge in [0.05, 0.1) is 32.1 Å². The normalized spacial score (nSPS) is 10.8. The number of benzene rings is 1. The van der Waals surface area contributed by atoms with Gasteiger partial charge in [0.15, 0.2) is 11.5 Å². The van der Waals surface area contributed by atoms with Gasteiger partial charge < -0.3 is 14.2 Å². The SMILES string of the molecule is CCOc1c(OC)cc(/C=C(/C#N)c2ccccn2)cc1OC. The van der Waals surface area contributed by atoms with Crippen molar-refractivity contribution in [2.45, 2.75) is 6.92 Å². The number of pyridine rings is 1. The third-order valence-electron chi connectivity index (χ3n) is 3.14. The van der Waals surface area contributed by atoms with Crippen LogP contribution in [0.5, 0.6) is 17.2 Å². The highest BCUT2D eigenvalue weighted by Gasteiger charge is 2.14. The highest BCUT2D eigenvalue weighted by Crippen LogP contribution is 2.39. The van der Waals surface area contributed by atoms with Gasteiger partial charge >= 0.3 is 0 Å². The second-order valence-electron chi connectivity index (χ2n) is 4.57. The van der Waals surface area contributed by atoms with Crippen LogP contribution in [-0.4, -0.2) is 25.8 Å². The topological polar surface area (TPSA) is 64.4 Å². The molecule has 0 bridgehead atoms. The average molecular weight is 310 g/mol. The van der Waals surface area contributed by atoms with Crippen molar-refractivity contribution in [3.05, 3.63) is 47.8 Å². The third-order valence-corrected chi connectivity index (χ3v) is 3.14. The second-order valence-corrected chi connectivity index (χ2v) is 4.57. The lowest BCUT2D eigenvalue weighted by molar-refractivity contribution is 0.288. The Bertz CT molecular complexity index is 709. The summed E-state index contributed by atoms with van der Waals surface area (Å²) in [5, 5.41) is 9.39. The molecule has 0 amide bonds. The largest absolute Gasteiger partial charge is 0.493 e. The molecule has 0 aliphatic heterocycles. The quantitative estimate of drug-likeness (QED) is 0.763. The van der Waals surface area contributed by atoms with Gasteiger partial charge in [-0.05, 0) is 42.8 Å². The summed E-state index contributed by atoms with van der Waals surface area (Å²) < 4.78 is 16.3. The Labute approximate surface area is 135 Å². The molecule has 0 saturated heterocycles. The predicted octanol–water partition coefficient (Wildman–Crippen LogP) is 3.56. The first kappa shape index (κ1) is 16.4. The molecular formula is C18H18N2O3. The first-order valence-electron chi connectivity index (χ1n) is 7.15. The second kappa shape index (κ2) is 7.85. The minimum atomic E-state index is 0.457. The standard InChI is InChI=1S/C18H18N2O3/c1-4-23-18-16(21-2)10-13(11-17(18)22-3)9-14(12-19)15-7-5-6-8-20-15/h5-11H,4H2,1-3H3/b14-9-. The molecule has 1 aromatic carbocycles. The number of hydrogen-bond donors (Lipinski definition) is 0. The van der Waals surface area contributed by atoms with Crippen molar-refractivity contribution in [2.75, 3.05) is 20.8 Å². The van der Waals surface area contributed by atoms with Crippen LogP contribution >= 0.6 is 0 Å². The van der Waals surface area contributed by atoms with E-state index >= 15 is 0 Å². The summed E-state index contributed by atoms with van der Waals surface area (Å²) >= 11 is 0. The first-order valence-corrected chi connectivity index (χ1v) is 7.15. The van der Waals surface area contributed by atoms with Crippen LogP contribution in [0.25, 0.3) is 11.6 Å². The maximum atomic E-state index is 9.39. The Balaban J connectivity index is 2.51. The van der Waals surface area contributed by atoms with E-state index in [1.54, 1.807) is 50.8 Å². The molecule has 0 aliphatic carbocycles. The minimum Gasteiger partial charge on any atom is -0.493 e.